The SMILES string of the molecule is CCc1ccc2oc(=O)cc(CNC(=O)C(C)C)c2c1. The third-order valence-electron chi connectivity index (χ3n) is 3.28. The maximum Gasteiger partial charge on any atom is 0.336 e. The molecule has 0 saturated heterocycles. The maximum absolute atomic E-state index is 11.6. The molecule has 0 atom stereocenters. The fourth-order valence-electron chi connectivity index (χ4n) is 2.03. The zero-order valence-electron chi connectivity index (χ0n) is 12.0. The van der Waals surface area contributed by atoms with Crippen molar-refractivity contribution in [3.05, 3.63) is 45.8 Å². The van der Waals surface area contributed by atoms with Gasteiger partial charge in [-0.3, -0.25) is 4.79 Å². The number of hydrogen-bond donors (Lipinski definition) is 1. The second-order valence-electron chi connectivity index (χ2n) is 5.15. The van der Waals surface area contributed by atoms with Crippen LogP contribution in [0.1, 0.15) is 31.9 Å². The van der Waals surface area contributed by atoms with E-state index in [0.29, 0.717) is 12.1 Å². The molecule has 106 valence electrons. The number of benzene rings is 1. The van der Waals surface area contributed by atoms with Crippen molar-refractivity contribution < 1.29 is 9.21 Å². The summed E-state index contributed by atoms with van der Waals surface area (Å²) in [6, 6.07) is 7.21. The molecule has 0 saturated carbocycles. The van der Waals surface area contributed by atoms with E-state index < -0.39 is 5.63 Å². The van der Waals surface area contributed by atoms with Crippen molar-refractivity contribution in [2.24, 2.45) is 5.92 Å². The van der Waals surface area contributed by atoms with Gasteiger partial charge < -0.3 is 9.73 Å². The number of hydrogen-bond acceptors (Lipinski definition) is 3. The zero-order chi connectivity index (χ0) is 14.7. The number of aryl methyl sites for hydroxylation is 1. The molecule has 1 heterocycles. The van der Waals surface area contributed by atoms with Crippen molar-refractivity contribution in [1.82, 2.24) is 5.32 Å². The highest BCUT2D eigenvalue weighted by atomic mass is 16.4. The Morgan fingerprint density at radius 1 is 1.30 bits per heavy atom. The molecule has 0 aliphatic rings. The molecule has 0 spiro atoms. The minimum Gasteiger partial charge on any atom is -0.423 e. The Labute approximate surface area is 117 Å². The molecule has 1 N–H and O–H groups in total. The number of carbonyl (C=O) groups excluding carboxylic acids is 1. The summed E-state index contributed by atoms with van der Waals surface area (Å²) < 4.78 is 5.19. The second kappa shape index (κ2) is 5.90. The maximum atomic E-state index is 11.6. The molecule has 0 bridgehead atoms. The van der Waals surface area contributed by atoms with Gasteiger partial charge in [0.2, 0.25) is 5.91 Å². The van der Waals surface area contributed by atoms with Crippen LogP contribution in [0.3, 0.4) is 0 Å². The third-order valence-corrected chi connectivity index (χ3v) is 3.28. The quantitative estimate of drug-likeness (QED) is 0.871. The molecular weight excluding hydrogens is 254 g/mol. The van der Waals surface area contributed by atoms with Crippen LogP contribution in [0.2, 0.25) is 0 Å². The Morgan fingerprint density at radius 3 is 2.70 bits per heavy atom. The molecule has 2 aromatic rings. The van der Waals surface area contributed by atoms with E-state index in [1.807, 2.05) is 32.0 Å². The molecule has 0 fully saturated rings. The van der Waals surface area contributed by atoms with Crippen LogP contribution in [0, 0.1) is 5.92 Å². The first kappa shape index (κ1) is 14.3. The van der Waals surface area contributed by atoms with E-state index >= 15 is 0 Å². The molecule has 1 aromatic carbocycles. The minimum absolute atomic E-state index is 0.0296. The molecular formula is C16H19NO3. The fraction of sp³-hybridized carbons (Fsp3) is 0.375. The molecule has 20 heavy (non-hydrogen) atoms. The zero-order valence-corrected chi connectivity index (χ0v) is 12.0. The summed E-state index contributed by atoms with van der Waals surface area (Å²) in [5.41, 5.74) is 2.13. The van der Waals surface area contributed by atoms with Gasteiger partial charge in [0.25, 0.3) is 0 Å². The average molecular weight is 273 g/mol. The lowest BCUT2D eigenvalue weighted by molar-refractivity contribution is -0.124. The summed E-state index contributed by atoms with van der Waals surface area (Å²) in [5.74, 6) is -0.106. The van der Waals surface area contributed by atoms with E-state index in [0.717, 1.165) is 17.4 Å². The normalized spacial score (nSPS) is 11.0. The van der Waals surface area contributed by atoms with E-state index in [4.69, 9.17) is 4.42 Å². The van der Waals surface area contributed by atoms with Gasteiger partial charge in [0.05, 0.1) is 0 Å². The Morgan fingerprint density at radius 2 is 2.05 bits per heavy atom. The summed E-state index contributed by atoms with van der Waals surface area (Å²) in [6.45, 7) is 6.08. The second-order valence-corrected chi connectivity index (χ2v) is 5.15. The minimum atomic E-state index is -0.393. The van der Waals surface area contributed by atoms with Crippen LogP contribution in [0.5, 0.6) is 0 Å². The van der Waals surface area contributed by atoms with Crippen LogP contribution in [0.15, 0.2) is 33.5 Å². The Balaban J connectivity index is 2.40. The van der Waals surface area contributed by atoms with E-state index in [2.05, 4.69) is 12.2 Å². The van der Waals surface area contributed by atoms with Crippen molar-refractivity contribution in [2.75, 3.05) is 0 Å². The molecule has 0 aliphatic carbocycles. The van der Waals surface area contributed by atoms with Gasteiger partial charge in [-0.1, -0.05) is 26.8 Å². The van der Waals surface area contributed by atoms with Gasteiger partial charge in [0, 0.05) is 23.9 Å². The van der Waals surface area contributed by atoms with Crippen molar-refractivity contribution in [3.63, 3.8) is 0 Å². The van der Waals surface area contributed by atoms with Gasteiger partial charge in [-0.2, -0.15) is 0 Å². The Hall–Kier alpha value is -2.10. The first-order valence-corrected chi connectivity index (χ1v) is 6.84. The summed E-state index contributed by atoms with van der Waals surface area (Å²) in [4.78, 5) is 23.2. The molecule has 1 aromatic heterocycles. The highest BCUT2D eigenvalue weighted by Gasteiger charge is 2.10. The van der Waals surface area contributed by atoms with Crippen molar-refractivity contribution in [2.45, 2.75) is 33.7 Å². The summed E-state index contributed by atoms with van der Waals surface area (Å²) in [5, 5.41) is 3.72. The van der Waals surface area contributed by atoms with E-state index in [1.54, 1.807) is 0 Å². The summed E-state index contributed by atoms with van der Waals surface area (Å²) in [6.07, 6.45) is 0.910. The monoisotopic (exact) mass is 273 g/mol. The first-order valence-electron chi connectivity index (χ1n) is 6.84. The van der Waals surface area contributed by atoms with Crippen LogP contribution in [-0.2, 0) is 17.8 Å². The Bertz CT molecular complexity index is 686. The topological polar surface area (TPSA) is 59.3 Å². The van der Waals surface area contributed by atoms with Gasteiger partial charge in [0.15, 0.2) is 0 Å². The lowest BCUT2D eigenvalue weighted by atomic mass is 10.1. The molecule has 0 radical (unpaired) electrons. The summed E-state index contributed by atoms with van der Waals surface area (Å²) in [7, 11) is 0. The average Bonchev–Trinajstić information content (AvgIpc) is 2.43. The lowest BCUT2D eigenvalue weighted by Gasteiger charge is -2.10. The number of rotatable bonds is 4. The molecule has 0 aliphatic heterocycles. The van der Waals surface area contributed by atoms with Crippen LogP contribution >= 0.6 is 0 Å². The fourth-order valence-corrected chi connectivity index (χ4v) is 2.03. The van der Waals surface area contributed by atoms with Crippen molar-refractivity contribution in [3.8, 4) is 0 Å². The predicted molar refractivity (Wildman–Crippen MR) is 78.5 cm³/mol. The molecule has 4 heteroatoms. The predicted octanol–water partition coefficient (Wildman–Crippen LogP) is 2.63. The number of fused-ring (bicyclic) bond motifs is 1. The van der Waals surface area contributed by atoms with Crippen LogP contribution < -0.4 is 10.9 Å². The van der Waals surface area contributed by atoms with Crippen LogP contribution in [0.25, 0.3) is 11.0 Å². The molecule has 0 unspecified atom stereocenters. The highest BCUT2D eigenvalue weighted by molar-refractivity contribution is 5.82. The number of amides is 1. The third kappa shape index (κ3) is 3.07. The van der Waals surface area contributed by atoms with Gasteiger partial charge in [-0.15, -0.1) is 0 Å². The lowest BCUT2D eigenvalue weighted by Crippen LogP contribution is -2.27. The van der Waals surface area contributed by atoms with Crippen LogP contribution in [-0.4, -0.2) is 5.91 Å². The van der Waals surface area contributed by atoms with Gasteiger partial charge >= 0.3 is 5.63 Å². The van der Waals surface area contributed by atoms with Gasteiger partial charge in [-0.05, 0) is 29.7 Å². The number of carbonyl (C=O) groups is 1. The summed E-state index contributed by atoms with van der Waals surface area (Å²) >= 11 is 0. The first-order chi connectivity index (χ1) is 9.51. The van der Waals surface area contributed by atoms with E-state index in [9.17, 15) is 9.59 Å². The molecule has 2 rings (SSSR count). The van der Waals surface area contributed by atoms with Crippen LogP contribution in [0.4, 0.5) is 0 Å². The molecule has 4 nitrogen and oxygen atoms in total. The highest BCUT2D eigenvalue weighted by Crippen LogP contribution is 2.19. The Kier molecular flexibility index (Phi) is 4.23. The van der Waals surface area contributed by atoms with E-state index in [-0.39, 0.29) is 11.8 Å². The smallest absolute Gasteiger partial charge is 0.336 e. The van der Waals surface area contributed by atoms with Crippen molar-refractivity contribution >= 4 is 16.9 Å². The van der Waals surface area contributed by atoms with Gasteiger partial charge in [-0.25, -0.2) is 4.79 Å². The van der Waals surface area contributed by atoms with E-state index in [1.165, 1.54) is 11.6 Å². The van der Waals surface area contributed by atoms with Gasteiger partial charge in [0.1, 0.15) is 5.58 Å². The largest absolute Gasteiger partial charge is 0.423 e. The number of nitrogens with one attached hydrogen (secondary N) is 1. The standard InChI is InChI=1S/C16H19NO3/c1-4-11-5-6-14-13(7-11)12(8-15(18)20-14)9-17-16(19)10(2)3/h5-8,10H,4,9H2,1-3H3,(H,17,19). The van der Waals surface area contributed by atoms with Crippen molar-refractivity contribution in [1.29, 1.82) is 0 Å². The molecule has 1 amide bonds.